The fraction of sp³-hybridized carbons (Fsp3) is 0.167. The second-order valence-electron chi connectivity index (χ2n) is 5.54. The molecule has 126 valence electrons. The lowest BCUT2D eigenvalue weighted by atomic mass is 9.97. The molecule has 2 aromatic rings. The molecule has 1 atom stereocenters. The Morgan fingerprint density at radius 1 is 1.16 bits per heavy atom. The predicted molar refractivity (Wildman–Crippen MR) is 91.4 cm³/mol. The number of carbonyl (C=O) groups is 2. The number of hydrogen-bond acceptors (Lipinski definition) is 5. The van der Waals surface area contributed by atoms with E-state index in [4.69, 9.17) is 0 Å². The fourth-order valence-electron chi connectivity index (χ4n) is 2.50. The molecule has 2 aromatic carbocycles. The first-order valence-corrected chi connectivity index (χ1v) is 7.68. The number of carbonyl (C=O) groups excluding carboxylic acids is 2. The summed E-state index contributed by atoms with van der Waals surface area (Å²) in [6.07, 6.45) is 0. The molecular formula is C18H16N4O3. The Morgan fingerprint density at radius 3 is 2.52 bits per heavy atom. The van der Waals surface area contributed by atoms with Crippen molar-refractivity contribution in [2.45, 2.75) is 0 Å². The van der Waals surface area contributed by atoms with Gasteiger partial charge in [-0.25, -0.2) is 5.01 Å². The largest absolute Gasteiger partial charge is 0.508 e. The molecule has 1 unspecified atom stereocenters. The molecule has 0 spiro atoms. The van der Waals surface area contributed by atoms with Crippen LogP contribution in [0.3, 0.4) is 0 Å². The van der Waals surface area contributed by atoms with Crippen molar-refractivity contribution in [3.05, 3.63) is 65.7 Å². The van der Waals surface area contributed by atoms with Crippen LogP contribution < -0.4 is 0 Å². The van der Waals surface area contributed by atoms with Gasteiger partial charge in [0, 0.05) is 12.6 Å². The number of aromatic hydroxyl groups is 1. The molecule has 0 saturated heterocycles. The number of rotatable bonds is 4. The normalized spacial score (nSPS) is 17.2. The van der Waals surface area contributed by atoms with Crippen LogP contribution in [0.25, 0.3) is 0 Å². The number of azo groups is 1. The molecule has 0 bridgehead atoms. The number of hydrazone groups is 1. The average molecular weight is 336 g/mol. The van der Waals surface area contributed by atoms with Crippen LogP contribution in [0, 0.1) is 5.92 Å². The molecular weight excluding hydrogens is 320 g/mol. The van der Waals surface area contributed by atoms with Gasteiger partial charge in [0.05, 0.1) is 12.3 Å². The minimum absolute atomic E-state index is 0.0424. The smallest absolute Gasteiger partial charge is 0.295 e. The molecule has 0 aliphatic carbocycles. The van der Waals surface area contributed by atoms with Crippen LogP contribution in [0.15, 0.2) is 69.9 Å². The van der Waals surface area contributed by atoms with Gasteiger partial charge in [0.2, 0.25) is 0 Å². The number of amides is 2. The summed E-state index contributed by atoms with van der Waals surface area (Å²) in [6.45, 7) is 0.0424. The van der Waals surface area contributed by atoms with Crippen molar-refractivity contribution in [1.29, 1.82) is 0 Å². The highest BCUT2D eigenvalue weighted by Gasteiger charge is 2.34. The molecule has 7 heteroatoms. The Bertz CT molecular complexity index is 844. The number of hydrogen-bond donors (Lipinski definition) is 1. The van der Waals surface area contributed by atoms with Gasteiger partial charge in [-0.2, -0.15) is 10.2 Å². The Morgan fingerprint density at radius 2 is 1.84 bits per heavy atom. The first kappa shape index (κ1) is 16.5. The maximum atomic E-state index is 12.3. The minimum Gasteiger partial charge on any atom is -0.508 e. The zero-order chi connectivity index (χ0) is 17.8. The summed E-state index contributed by atoms with van der Waals surface area (Å²) in [6, 6.07) is 15.1. The van der Waals surface area contributed by atoms with E-state index in [1.165, 1.54) is 29.3 Å². The standard InChI is InChI=1S/C18H16N4O3/c1-22-18(25)15(16(21-22)12-5-3-2-4-6-12)11-19-20-17(24)13-7-9-14(23)10-8-13/h2-10,15,23H,11H2,1H3. The first-order chi connectivity index (χ1) is 12.1. The van der Waals surface area contributed by atoms with Gasteiger partial charge in [-0.1, -0.05) is 30.3 Å². The zero-order valence-electron chi connectivity index (χ0n) is 13.5. The first-order valence-electron chi connectivity index (χ1n) is 7.68. The highest BCUT2D eigenvalue weighted by Crippen LogP contribution is 2.20. The van der Waals surface area contributed by atoms with E-state index in [1.807, 2.05) is 30.3 Å². The summed E-state index contributed by atoms with van der Waals surface area (Å²) in [5.41, 5.74) is 1.77. The molecule has 1 N–H and O–H groups in total. The molecule has 3 rings (SSSR count). The van der Waals surface area contributed by atoms with Crippen molar-refractivity contribution < 1.29 is 14.7 Å². The molecule has 7 nitrogen and oxygen atoms in total. The van der Waals surface area contributed by atoms with Crippen molar-refractivity contribution in [3.8, 4) is 5.75 Å². The molecule has 0 saturated carbocycles. The van der Waals surface area contributed by atoms with Crippen molar-refractivity contribution >= 4 is 17.5 Å². The van der Waals surface area contributed by atoms with E-state index in [0.717, 1.165) is 5.56 Å². The highest BCUT2D eigenvalue weighted by molar-refractivity contribution is 6.16. The number of phenols is 1. The average Bonchev–Trinajstić information content (AvgIpc) is 2.91. The third kappa shape index (κ3) is 3.60. The van der Waals surface area contributed by atoms with E-state index in [1.54, 1.807) is 7.05 Å². The minimum atomic E-state index is -0.566. The maximum Gasteiger partial charge on any atom is 0.295 e. The van der Waals surface area contributed by atoms with Gasteiger partial charge in [-0.15, -0.1) is 5.11 Å². The van der Waals surface area contributed by atoms with Gasteiger partial charge in [-0.3, -0.25) is 9.59 Å². The second-order valence-corrected chi connectivity index (χ2v) is 5.54. The van der Waals surface area contributed by atoms with Crippen molar-refractivity contribution in [3.63, 3.8) is 0 Å². The highest BCUT2D eigenvalue weighted by atomic mass is 16.3. The number of phenolic OH excluding ortho intramolecular Hbond substituents is 1. The van der Waals surface area contributed by atoms with Gasteiger partial charge in [0.25, 0.3) is 11.8 Å². The van der Waals surface area contributed by atoms with Gasteiger partial charge < -0.3 is 5.11 Å². The molecule has 0 radical (unpaired) electrons. The van der Waals surface area contributed by atoms with Crippen LogP contribution in [0.1, 0.15) is 15.9 Å². The van der Waals surface area contributed by atoms with Gasteiger partial charge in [0.15, 0.2) is 0 Å². The summed E-state index contributed by atoms with van der Waals surface area (Å²) in [5.74, 6) is -1.22. The van der Waals surface area contributed by atoms with Crippen LogP contribution >= 0.6 is 0 Å². The van der Waals surface area contributed by atoms with E-state index in [9.17, 15) is 14.7 Å². The maximum absolute atomic E-state index is 12.3. The molecule has 0 fully saturated rings. The lowest BCUT2D eigenvalue weighted by Crippen LogP contribution is -2.27. The van der Waals surface area contributed by atoms with Crippen molar-refractivity contribution in [1.82, 2.24) is 5.01 Å². The van der Waals surface area contributed by atoms with Gasteiger partial charge >= 0.3 is 0 Å². The number of nitrogens with zero attached hydrogens (tertiary/aromatic N) is 4. The zero-order valence-corrected chi connectivity index (χ0v) is 13.5. The molecule has 0 aromatic heterocycles. The molecule has 1 heterocycles. The molecule has 25 heavy (non-hydrogen) atoms. The summed E-state index contributed by atoms with van der Waals surface area (Å²) in [7, 11) is 1.59. The molecule has 1 aliphatic heterocycles. The summed E-state index contributed by atoms with van der Waals surface area (Å²) in [5, 5.41) is 22.3. The molecule has 2 amide bonds. The van der Waals surface area contributed by atoms with Crippen LogP contribution in [0.2, 0.25) is 0 Å². The fourth-order valence-corrected chi connectivity index (χ4v) is 2.50. The van der Waals surface area contributed by atoms with Crippen LogP contribution in [0.4, 0.5) is 0 Å². The van der Waals surface area contributed by atoms with Crippen LogP contribution in [-0.2, 0) is 4.79 Å². The third-order valence-corrected chi connectivity index (χ3v) is 3.81. The van der Waals surface area contributed by atoms with Crippen molar-refractivity contribution in [2.24, 2.45) is 21.2 Å². The second kappa shape index (κ2) is 7.04. The van der Waals surface area contributed by atoms with E-state index >= 15 is 0 Å². The third-order valence-electron chi connectivity index (χ3n) is 3.81. The van der Waals surface area contributed by atoms with Gasteiger partial charge in [-0.05, 0) is 29.8 Å². The Kier molecular flexibility index (Phi) is 4.65. The predicted octanol–water partition coefficient (Wildman–Crippen LogP) is 2.48. The molecule has 1 aliphatic rings. The topological polar surface area (TPSA) is 94.7 Å². The Labute approximate surface area is 144 Å². The van der Waals surface area contributed by atoms with Crippen LogP contribution in [-0.4, -0.2) is 41.2 Å². The van der Waals surface area contributed by atoms with Crippen molar-refractivity contribution in [2.75, 3.05) is 13.6 Å². The Balaban J connectivity index is 1.72. The van der Waals surface area contributed by atoms with E-state index in [-0.39, 0.29) is 18.2 Å². The summed E-state index contributed by atoms with van der Waals surface area (Å²) >= 11 is 0. The van der Waals surface area contributed by atoms with E-state index < -0.39 is 11.8 Å². The van der Waals surface area contributed by atoms with Gasteiger partial charge in [0.1, 0.15) is 11.7 Å². The van der Waals surface area contributed by atoms with E-state index in [0.29, 0.717) is 11.3 Å². The monoisotopic (exact) mass is 336 g/mol. The quantitative estimate of drug-likeness (QED) is 0.869. The lowest BCUT2D eigenvalue weighted by molar-refractivity contribution is -0.130. The lowest BCUT2D eigenvalue weighted by Gasteiger charge is -2.08. The summed E-state index contributed by atoms with van der Waals surface area (Å²) < 4.78 is 0. The van der Waals surface area contributed by atoms with E-state index in [2.05, 4.69) is 15.3 Å². The van der Waals surface area contributed by atoms with Crippen LogP contribution in [0.5, 0.6) is 5.75 Å². The Hall–Kier alpha value is -3.35. The summed E-state index contributed by atoms with van der Waals surface area (Å²) in [4.78, 5) is 24.2. The SMILES string of the molecule is CN1N=C(c2ccccc2)C(CN=NC(=O)c2ccc(O)cc2)C1=O. The number of benzene rings is 2.